The van der Waals surface area contributed by atoms with Gasteiger partial charge in [-0.1, -0.05) is 30.3 Å². The van der Waals surface area contributed by atoms with E-state index in [1.807, 2.05) is 42.0 Å². The average molecular weight is 420 g/mol. The van der Waals surface area contributed by atoms with Gasteiger partial charge in [0.1, 0.15) is 4.90 Å². The number of nitrogens with one attached hydrogen (secondary N) is 3. The molecule has 0 aliphatic carbocycles. The zero-order chi connectivity index (χ0) is 21.8. The lowest BCUT2D eigenvalue weighted by Gasteiger charge is -2.22. The molecule has 2 aromatic rings. The fourth-order valence-electron chi connectivity index (χ4n) is 2.57. The van der Waals surface area contributed by atoms with E-state index in [2.05, 4.69) is 10.6 Å². The van der Waals surface area contributed by atoms with Crippen LogP contribution in [0.5, 0.6) is 0 Å². The van der Waals surface area contributed by atoms with E-state index in [9.17, 15) is 23.3 Å². The van der Waals surface area contributed by atoms with Gasteiger partial charge in [0.05, 0.1) is 10.6 Å². The molecule has 10 heteroatoms. The molecule has 0 fully saturated rings. The summed E-state index contributed by atoms with van der Waals surface area (Å²) in [6.45, 7) is 6.91. The molecule has 0 bridgehead atoms. The first-order chi connectivity index (χ1) is 13.4. The van der Waals surface area contributed by atoms with Crippen molar-refractivity contribution in [3.63, 3.8) is 0 Å². The van der Waals surface area contributed by atoms with E-state index in [1.165, 1.54) is 12.1 Å². The van der Waals surface area contributed by atoms with E-state index < -0.39 is 37.1 Å². The highest BCUT2D eigenvalue weighted by atomic mass is 32.2. The highest BCUT2D eigenvalue weighted by molar-refractivity contribution is 7.90. The van der Waals surface area contributed by atoms with Crippen molar-refractivity contribution in [1.82, 2.24) is 10.0 Å². The van der Waals surface area contributed by atoms with Gasteiger partial charge >= 0.3 is 6.03 Å². The molecule has 29 heavy (non-hydrogen) atoms. The molecule has 1 atom stereocenters. The number of anilines is 1. The molecule has 2 rings (SSSR count). The van der Waals surface area contributed by atoms with Crippen molar-refractivity contribution in [3.05, 3.63) is 64.2 Å². The van der Waals surface area contributed by atoms with E-state index in [1.54, 1.807) is 20.8 Å². The van der Waals surface area contributed by atoms with Gasteiger partial charge in [-0.2, -0.15) is 0 Å². The van der Waals surface area contributed by atoms with E-state index in [0.717, 1.165) is 11.6 Å². The molecule has 2 aromatic carbocycles. The number of nitrogens with zero attached hydrogens (tertiary/aromatic N) is 1. The van der Waals surface area contributed by atoms with Crippen LogP contribution in [0.2, 0.25) is 0 Å². The Morgan fingerprint density at radius 1 is 1.10 bits per heavy atom. The maximum Gasteiger partial charge on any atom is 0.329 e. The number of urea groups is 1. The number of benzene rings is 2. The molecule has 0 aliphatic heterocycles. The van der Waals surface area contributed by atoms with Crippen LogP contribution in [0.4, 0.5) is 16.2 Å². The average Bonchev–Trinajstić information content (AvgIpc) is 2.60. The Bertz CT molecular complexity index is 1000. The van der Waals surface area contributed by atoms with Gasteiger partial charge in [0, 0.05) is 23.7 Å². The van der Waals surface area contributed by atoms with E-state index in [-0.39, 0.29) is 11.7 Å². The molecule has 1 unspecified atom stereocenters. The van der Waals surface area contributed by atoms with Crippen molar-refractivity contribution < 1.29 is 18.1 Å². The quantitative estimate of drug-likeness (QED) is 0.484. The third kappa shape index (κ3) is 6.18. The summed E-state index contributed by atoms with van der Waals surface area (Å²) in [5.74, 6) is 0. The Balaban J connectivity index is 2.40. The normalized spacial score (nSPS) is 12.7. The summed E-state index contributed by atoms with van der Waals surface area (Å²) in [7, 11) is -4.38. The van der Waals surface area contributed by atoms with Crippen molar-refractivity contribution in [2.45, 2.75) is 44.2 Å². The van der Waals surface area contributed by atoms with E-state index in [4.69, 9.17) is 0 Å². The Morgan fingerprint density at radius 3 is 2.28 bits per heavy atom. The molecule has 156 valence electrons. The van der Waals surface area contributed by atoms with Crippen LogP contribution in [0.3, 0.4) is 0 Å². The molecule has 9 nitrogen and oxygen atoms in total. The molecule has 0 aromatic heterocycles. The smallest absolute Gasteiger partial charge is 0.329 e. The third-order valence-corrected chi connectivity index (χ3v) is 5.22. The van der Waals surface area contributed by atoms with Gasteiger partial charge in [-0.05, 0) is 39.3 Å². The fourth-order valence-corrected chi connectivity index (χ4v) is 3.67. The predicted octanol–water partition coefficient (Wildman–Crippen LogP) is 3.55. The number of hydrogen-bond acceptors (Lipinski definition) is 6. The standard InChI is InChI=1S/C19H24N4O5S/c1-13(14-8-6-5-7-9-14)20-16-11-10-15(23(25)26)12-17(16)29(27,28)22-18(24)21-19(2,3)4/h5-13,20H,1-4H3,(H2,21,22,24). The predicted molar refractivity (Wildman–Crippen MR) is 110 cm³/mol. The number of nitro groups is 1. The largest absolute Gasteiger partial charge is 0.377 e. The van der Waals surface area contributed by atoms with Crippen LogP contribution in [0.1, 0.15) is 39.3 Å². The topological polar surface area (TPSA) is 130 Å². The molecule has 0 saturated heterocycles. The number of amides is 2. The van der Waals surface area contributed by atoms with Crippen molar-refractivity contribution in [3.8, 4) is 0 Å². The van der Waals surface area contributed by atoms with Crippen molar-refractivity contribution in [2.75, 3.05) is 5.32 Å². The Hall–Kier alpha value is -3.14. The SMILES string of the molecule is CC(Nc1ccc([N+](=O)[O-])cc1S(=O)(=O)NC(=O)NC(C)(C)C)c1ccccc1. The van der Waals surface area contributed by atoms with Crippen molar-refractivity contribution in [2.24, 2.45) is 0 Å². The number of non-ortho nitro benzene ring substituents is 1. The number of nitro benzene ring substituents is 1. The first kappa shape index (κ1) is 22.2. The number of hydrogen-bond donors (Lipinski definition) is 3. The van der Waals surface area contributed by atoms with Crippen LogP contribution in [-0.2, 0) is 10.0 Å². The van der Waals surface area contributed by atoms with Gasteiger partial charge in [-0.15, -0.1) is 0 Å². The number of sulfonamides is 1. The maximum absolute atomic E-state index is 12.8. The van der Waals surface area contributed by atoms with Crippen molar-refractivity contribution in [1.29, 1.82) is 0 Å². The zero-order valence-electron chi connectivity index (χ0n) is 16.6. The molecular weight excluding hydrogens is 396 g/mol. The van der Waals surface area contributed by atoms with Gasteiger partial charge in [0.2, 0.25) is 0 Å². The number of carbonyl (C=O) groups excluding carboxylic acids is 1. The summed E-state index contributed by atoms with van der Waals surface area (Å²) < 4.78 is 27.5. The van der Waals surface area contributed by atoms with Crippen LogP contribution in [0, 0.1) is 10.1 Å². The summed E-state index contributed by atoms with van der Waals surface area (Å²) in [4.78, 5) is 22.1. The number of rotatable bonds is 6. The van der Waals surface area contributed by atoms with E-state index >= 15 is 0 Å². The molecule has 3 N–H and O–H groups in total. The van der Waals surface area contributed by atoms with Gasteiger partial charge < -0.3 is 10.6 Å². The second-order valence-corrected chi connectivity index (χ2v) is 9.17. The Labute approximate surface area is 169 Å². The van der Waals surface area contributed by atoms with Gasteiger partial charge in [0.15, 0.2) is 0 Å². The molecular formula is C19H24N4O5S. The number of carbonyl (C=O) groups is 1. The second kappa shape index (κ2) is 8.48. The van der Waals surface area contributed by atoms with Gasteiger partial charge in [0.25, 0.3) is 15.7 Å². The summed E-state index contributed by atoms with van der Waals surface area (Å²) in [5, 5.41) is 16.7. The molecule has 0 saturated carbocycles. The highest BCUT2D eigenvalue weighted by Gasteiger charge is 2.26. The first-order valence-corrected chi connectivity index (χ1v) is 10.3. The first-order valence-electron chi connectivity index (χ1n) is 8.84. The maximum atomic E-state index is 12.8. The zero-order valence-corrected chi connectivity index (χ0v) is 17.4. The molecule has 0 heterocycles. The summed E-state index contributed by atoms with van der Waals surface area (Å²) in [5.41, 5.74) is -0.0271. The minimum atomic E-state index is -4.38. The summed E-state index contributed by atoms with van der Waals surface area (Å²) in [6, 6.07) is 11.5. The molecule has 0 aliphatic rings. The summed E-state index contributed by atoms with van der Waals surface area (Å²) in [6.07, 6.45) is 0. The lowest BCUT2D eigenvalue weighted by atomic mass is 10.1. The van der Waals surface area contributed by atoms with Crippen LogP contribution in [-0.4, -0.2) is 24.9 Å². The minimum absolute atomic E-state index is 0.142. The van der Waals surface area contributed by atoms with Crippen LogP contribution in [0.25, 0.3) is 0 Å². The van der Waals surface area contributed by atoms with Gasteiger partial charge in [-0.3, -0.25) is 10.1 Å². The highest BCUT2D eigenvalue weighted by Crippen LogP contribution is 2.29. The molecule has 0 spiro atoms. The van der Waals surface area contributed by atoms with Crippen molar-refractivity contribution >= 4 is 27.4 Å². The Morgan fingerprint density at radius 2 is 1.72 bits per heavy atom. The lowest BCUT2D eigenvalue weighted by Crippen LogP contribution is -2.48. The fraction of sp³-hybridized carbons (Fsp3) is 0.316. The Kier molecular flexibility index (Phi) is 6.48. The van der Waals surface area contributed by atoms with Crippen LogP contribution in [0.15, 0.2) is 53.4 Å². The lowest BCUT2D eigenvalue weighted by molar-refractivity contribution is -0.385. The molecule has 0 radical (unpaired) electrons. The third-order valence-electron chi connectivity index (χ3n) is 3.85. The van der Waals surface area contributed by atoms with Gasteiger partial charge in [-0.25, -0.2) is 17.9 Å². The minimum Gasteiger partial charge on any atom is -0.377 e. The summed E-state index contributed by atoms with van der Waals surface area (Å²) >= 11 is 0. The molecule has 2 amide bonds. The second-order valence-electron chi connectivity index (χ2n) is 7.52. The van der Waals surface area contributed by atoms with Crippen LogP contribution >= 0.6 is 0 Å². The van der Waals surface area contributed by atoms with E-state index in [0.29, 0.717) is 0 Å². The monoisotopic (exact) mass is 420 g/mol. The van der Waals surface area contributed by atoms with Crippen LogP contribution < -0.4 is 15.4 Å².